The highest BCUT2D eigenvalue weighted by atomic mass is 16.5. The molecule has 0 radical (unpaired) electrons. The lowest BCUT2D eigenvalue weighted by molar-refractivity contribution is 0.0600. The number of carbonyl (C=O) groups is 1. The number of rotatable bonds is 8. The van der Waals surface area contributed by atoms with Gasteiger partial charge < -0.3 is 9.47 Å². The Morgan fingerprint density at radius 3 is 2.22 bits per heavy atom. The minimum absolute atomic E-state index is 0.300. The first kappa shape index (κ1) is 18.7. The van der Waals surface area contributed by atoms with Gasteiger partial charge in [-0.25, -0.2) is 4.79 Å². The monoisotopic (exact) mass is 360 g/mol. The maximum atomic E-state index is 11.5. The number of para-hydroxylation sites is 1. The lowest BCUT2D eigenvalue weighted by atomic mass is 10.0. The van der Waals surface area contributed by atoms with Crippen molar-refractivity contribution in [3.05, 3.63) is 101 Å². The molecule has 0 aromatic heterocycles. The van der Waals surface area contributed by atoms with Gasteiger partial charge in [-0.15, -0.1) is 0 Å². The first-order valence-corrected chi connectivity index (χ1v) is 9.18. The normalized spacial score (nSPS) is 10.4. The van der Waals surface area contributed by atoms with Gasteiger partial charge >= 0.3 is 5.97 Å². The van der Waals surface area contributed by atoms with E-state index in [1.165, 1.54) is 18.2 Å². The molecule has 0 aliphatic heterocycles. The first-order chi connectivity index (χ1) is 13.3. The highest BCUT2D eigenvalue weighted by Crippen LogP contribution is 2.22. The van der Waals surface area contributed by atoms with Gasteiger partial charge in [-0.1, -0.05) is 60.7 Å². The molecule has 3 aromatic carbocycles. The summed E-state index contributed by atoms with van der Waals surface area (Å²) in [5.41, 5.74) is 4.18. The van der Waals surface area contributed by atoms with Crippen molar-refractivity contribution >= 4 is 5.97 Å². The standard InChI is InChI=1S/C24H24O3/c1-26-24(25)22-16-14-19(15-17-22)10-7-12-21-11-5-6-13-23(21)27-18-20-8-3-2-4-9-20/h2-6,8-9,11,13-17H,7,10,12,18H2,1H3. The van der Waals surface area contributed by atoms with Gasteiger partial charge in [0.15, 0.2) is 0 Å². The van der Waals surface area contributed by atoms with Crippen LogP contribution in [0.3, 0.4) is 0 Å². The molecule has 0 saturated carbocycles. The molecule has 0 amide bonds. The second-order valence-corrected chi connectivity index (χ2v) is 6.42. The predicted molar refractivity (Wildman–Crippen MR) is 107 cm³/mol. The van der Waals surface area contributed by atoms with Crippen LogP contribution in [0.1, 0.15) is 33.5 Å². The highest BCUT2D eigenvalue weighted by molar-refractivity contribution is 5.89. The van der Waals surface area contributed by atoms with Gasteiger partial charge in [0.05, 0.1) is 12.7 Å². The number of esters is 1. The Labute approximate surface area is 160 Å². The lowest BCUT2D eigenvalue weighted by Crippen LogP contribution is -2.01. The number of aryl methyl sites for hydroxylation is 2. The van der Waals surface area contributed by atoms with Crippen LogP contribution in [0.25, 0.3) is 0 Å². The Bertz CT molecular complexity index is 854. The minimum atomic E-state index is -0.300. The fourth-order valence-corrected chi connectivity index (χ4v) is 2.99. The van der Waals surface area contributed by atoms with Crippen LogP contribution in [0.4, 0.5) is 0 Å². The molecule has 3 aromatic rings. The van der Waals surface area contributed by atoms with Crippen molar-refractivity contribution in [2.75, 3.05) is 7.11 Å². The molecular formula is C24H24O3. The van der Waals surface area contributed by atoms with Crippen LogP contribution in [-0.4, -0.2) is 13.1 Å². The number of methoxy groups -OCH3 is 1. The molecule has 3 rings (SSSR count). The number of hydrogen-bond acceptors (Lipinski definition) is 3. The van der Waals surface area contributed by atoms with Crippen LogP contribution in [-0.2, 0) is 24.2 Å². The molecule has 3 heteroatoms. The molecule has 0 heterocycles. The summed E-state index contributed by atoms with van der Waals surface area (Å²) < 4.78 is 10.8. The van der Waals surface area contributed by atoms with Gasteiger partial charge in [-0.3, -0.25) is 0 Å². The zero-order valence-corrected chi connectivity index (χ0v) is 15.6. The van der Waals surface area contributed by atoms with E-state index in [1.54, 1.807) is 0 Å². The Morgan fingerprint density at radius 1 is 0.778 bits per heavy atom. The van der Waals surface area contributed by atoms with Crippen LogP contribution in [0.5, 0.6) is 5.75 Å². The topological polar surface area (TPSA) is 35.5 Å². The SMILES string of the molecule is COC(=O)c1ccc(CCCc2ccccc2OCc2ccccc2)cc1. The van der Waals surface area contributed by atoms with Crippen LogP contribution in [0, 0.1) is 0 Å². The van der Waals surface area contributed by atoms with E-state index in [1.807, 2.05) is 54.6 Å². The summed E-state index contributed by atoms with van der Waals surface area (Å²) in [5, 5.41) is 0. The summed E-state index contributed by atoms with van der Waals surface area (Å²) in [6, 6.07) is 26.0. The highest BCUT2D eigenvalue weighted by Gasteiger charge is 2.06. The molecule has 3 nitrogen and oxygen atoms in total. The molecule has 0 aliphatic rings. The van der Waals surface area contributed by atoms with Crippen molar-refractivity contribution in [1.82, 2.24) is 0 Å². The second kappa shape index (κ2) is 9.58. The predicted octanol–water partition coefficient (Wildman–Crippen LogP) is 5.23. The van der Waals surface area contributed by atoms with E-state index in [-0.39, 0.29) is 5.97 Å². The van der Waals surface area contributed by atoms with Crippen LogP contribution in [0.15, 0.2) is 78.9 Å². The van der Waals surface area contributed by atoms with Gasteiger partial charge in [0.25, 0.3) is 0 Å². The van der Waals surface area contributed by atoms with Gasteiger partial charge in [0.2, 0.25) is 0 Å². The molecule has 0 atom stereocenters. The van der Waals surface area contributed by atoms with E-state index >= 15 is 0 Å². The lowest BCUT2D eigenvalue weighted by Gasteiger charge is -2.12. The second-order valence-electron chi connectivity index (χ2n) is 6.42. The number of benzene rings is 3. The molecule has 0 aliphatic carbocycles. The maximum absolute atomic E-state index is 11.5. The fraction of sp³-hybridized carbons (Fsp3) is 0.208. The Morgan fingerprint density at radius 2 is 1.48 bits per heavy atom. The molecule has 0 saturated heterocycles. The molecular weight excluding hydrogens is 336 g/mol. The van der Waals surface area contributed by atoms with Crippen LogP contribution >= 0.6 is 0 Å². The van der Waals surface area contributed by atoms with E-state index in [0.717, 1.165) is 30.6 Å². The van der Waals surface area contributed by atoms with Crippen molar-refractivity contribution in [1.29, 1.82) is 0 Å². The van der Waals surface area contributed by atoms with Gasteiger partial charge in [-0.2, -0.15) is 0 Å². The fourth-order valence-electron chi connectivity index (χ4n) is 2.99. The molecule has 0 unspecified atom stereocenters. The van der Waals surface area contributed by atoms with Crippen molar-refractivity contribution in [2.24, 2.45) is 0 Å². The number of hydrogen-bond donors (Lipinski definition) is 0. The maximum Gasteiger partial charge on any atom is 0.337 e. The van der Waals surface area contributed by atoms with E-state index in [0.29, 0.717) is 12.2 Å². The summed E-state index contributed by atoms with van der Waals surface area (Å²) >= 11 is 0. The molecule has 0 fully saturated rings. The Balaban J connectivity index is 1.54. The third-order valence-corrected chi connectivity index (χ3v) is 4.50. The van der Waals surface area contributed by atoms with E-state index in [9.17, 15) is 4.79 Å². The molecule has 27 heavy (non-hydrogen) atoms. The molecule has 0 N–H and O–H groups in total. The summed E-state index contributed by atoms with van der Waals surface area (Å²) in [6.45, 7) is 0.576. The van der Waals surface area contributed by atoms with Crippen LogP contribution < -0.4 is 4.74 Å². The summed E-state index contributed by atoms with van der Waals surface area (Å²) in [6.07, 6.45) is 2.92. The average Bonchev–Trinajstić information content (AvgIpc) is 2.74. The van der Waals surface area contributed by atoms with Crippen molar-refractivity contribution in [2.45, 2.75) is 25.9 Å². The van der Waals surface area contributed by atoms with Gasteiger partial charge in [-0.05, 0) is 54.2 Å². The minimum Gasteiger partial charge on any atom is -0.489 e. The van der Waals surface area contributed by atoms with E-state index in [4.69, 9.17) is 9.47 Å². The van der Waals surface area contributed by atoms with E-state index < -0.39 is 0 Å². The summed E-state index contributed by atoms with van der Waals surface area (Å²) in [5.74, 6) is 0.647. The van der Waals surface area contributed by atoms with Gasteiger partial charge in [0.1, 0.15) is 12.4 Å². The zero-order valence-electron chi connectivity index (χ0n) is 15.6. The third kappa shape index (κ3) is 5.45. The quantitative estimate of drug-likeness (QED) is 0.516. The largest absolute Gasteiger partial charge is 0.489 e. The number of carbonyl (C=O) groups excluding carboxylic acids is 1. The summed E-state index contributed by atoms with van der Waals surface area (Å²) in [7, 11) is 1.40. The van der Waals surface area contributed by atoms with Crippen LogP contribution in [0.2, 0.25) is 0 Å². The smallest absolute Gasteiger partial charge is 0.337 e. The van der Waals surface area contributed by atoms with Crippen molar-refractivity contribution in [3.8, 4) is 5.75 Å². The molecule has 138 valence electrons. The summed E-state index contributed by atoms with van der Waals surface area (Å²) in [4.78, 5) is 11.5. The average molecular weight is 360 g/mol. The van der Waals surface area contributed by atoms with Crippen molar-refractivity contribution < 1.29 is 14.3 Å². The Hall–Kier alpha value is -3.07. The zero-order chi connectivity index (χ0) is 18.9. The third-order valence-electron chi connectivity index (χ3n) is 4.50. The van der Waals surface area contributed by atoms with Gasteiger partial charge in [0, 0.05) is 0 Å². The number of ether oxygens (including phenoxy) is 2. The molecule has 0 spiro atoms. The first-order valence-electron chi connectivity index (χ1n) is 9.18. The van der Waals surface area contributed by atoms with E-state index in [2.05, 4.69) is 24.3 Å². The molecule has 0 bridgehead atoms. The van der Waals surface area contributed by atoms with Crippen molar-refractivity contribution in [3.63, 3.8) is 0 Å². The Kier molecular flexibility index (Phi) is 6.64.